The van der Waals surface area contributed by atoms with Gasteiger partial charge < -0.3 is 19.5 Å². The maximum absolute atomic E-state index is 12.9. The summed E-state index contributed by atoms with van der Waals surface area (Å²) in [6.45, 7) is 0. The standard InChI is InChI=1S/C19H22N2O8S/c1-27-13-5-3-11-15(16(13)28-2)19(24)29-18(11)21-12(4-6-14(21)22)17(23)20-10-7-8-30(25,26)9-10/h3,5,10,12,18H,4,6-9H2,1-2H3,(H,20,23)/t10-,12+,18+/m1/s1. The fraction of sp³-hybridized carbons (Fsp3) is 0.526. The molecule has 1 aromatic carbocycles. The largest absolute Gasteiger partial charge is 0.493 e. The zero-order chi connectivity index (χ0) is 21.6. The van der Waals surface area contributed by atoms with E-state index in [1.165, 1.54) is 19.1 Å². The van der Waals surface area contributed by atoms with Gasteiger partial charge in [-0.15, -0.1) is 0 Å². The lowest BCUT2D eigenvalue weighted by Gasteiger charge is -2.29. The third-order valence-electron chi connectivity index (χ3n) is 5.66. The van der Waals surface area contributed by atoms with Crippen molar-refractivity contribution in [1.29, 1.82) is 0 Å². The molecule has 3 heterocycles. The molecule has 0 unspecified atom stereocenters. The van der Waals surface area contributed by atoms with Crippen molar-refractivity contribution in [2.75, 3.05) is 25.7 Å². The second-order valence-corrected chi connectivity index (χ2v) is 9.72. The van der Waals surface area contributed by atoms with Crippen LogP contribution in [0.15, 0.2) is 12.1 Å². The SMILES string of the molecule is COc1ccc2c(c1OC)C(=O)O[C@@H]2N1C(=O)CC[C@H]1C(=O)N[C@@H]1CCS(=O)(=O)C1. The number of amides is 2. The van der Waals surface area contributed by atoms with E-state index in [2.05, 4.69) is 5.32 Å². The van der Waals surface area contributed by atoms with Crippen molar-refractivity contribution in [3.63, 3.8) is 0 Å². The van der Waals surface area contributed by atoms with Gasteiger partial charge in [0.2, 0.25) is 18.0 Å². The van der Waals surface area contributed by atoms with Gasteiger partial charge in [-0.2, -0.15) is 0 Å². The number of hydrogen-bond donors (Lipinski definition) is 1. The van der Waals surface area contributed by atoms with Crippen LogP contribution in [0.25, 0.3) is 0 Å². The first-order valence-corrected chi connectivity index (χ1v) is 11.4. The number of hydrogen-bond acceptors (Lipinski definition) is 8. The number of esters is 1. The molecule has 2 fully saturated rings. The molecule has 4 rings (SSSR count). The van der Waals surface area contributed by atoms with Gasteiger partial charge in [-0.25, -0.2) is 13.2 Å². The van der Waals surface area contributed by atoms with Crippen LogP contribution in [-0.2, 0) is 24.2 Å². The van der Waals surface area contributed by atoms with Crippen LogP contribution in [0.3, 0.4) is 0 Å². The Hall–Kier alpha value is -2.82. The molecular formula is C19H22N2O8S. The molecule has 10 nitrogen and oxygen atoms in total. The molecule has 1 N–H and O–H groups in total. The van der Waals surface area contributed by atoms with E-state index in [0.717, 1.165) is 0 Å². The minimum absolute atomic E-state index is 0.0283. The lowest BCUT2D eigenvalue weighted by atomic mass is 10.0. The molecule has 1 aromatic rings. The molecule has 2 saturated heterocycles. The number of rotatable bonds is 5. The smallest absolute Gasteiger partial charge is 0.344 e. The van der Waals surface area contributed by atoms with E-state index in [1.807, 2.05) is 0 Å². The van der Waals surface area contributed by atoms with E-state index < -0.39 is 40.0 Å². The average molecular weight is 438 g/mol. The van der Waals surface area contributed by atoms with Crippen LogP contribution in [0.5, 0.6) is 11.5 Å². The zero-order valence-electron chi connectivity index (χ0n) is 16.5. The van der Waals surface area contributed by atoms with Crippen LogP contribution in [0.2, 0.25) is 0 Å². The molecule has 0 bridgehead atoms. The minimum Gasteiger partial charge on any atom is -0.493 e. The monoisotopic (exact) mass is 438 g/mol. The Morgan fingerprint density at radius 1 is 1.20 bits per heavy atom. The molecule has 3 aliphatic rings. The molecule has 0 radical (unpaired) electrons. The van der Waals surface area contributed by atoms with Crippen molar-refractivity contribution in [2.24, 2.45) is 0 Å². The van der Waals surface area contributed by atoms with Crippen molar-refractivity contribution in [3.8, 4) is 11.5 Å². The Bertz CT molecular complexity index is 1020. The van der Waals surface area contributed by atoms with Gasteiger partial charge in [0, 0.05) is 18.0 Å². The van der Waals surface area contributed by atoms with Gasteiger partial charge in [-0.3, -0.25) is 14.5 Å². The highest BCUT2D eigenvalue weighted by atomic mass is 32.2. The summed E-state index contributed by atoms with van der Waals surface area (Å²) in [5.74, 6) is -0.989. The number of nitrogens with one attached hydrogen (secondary N) is 1. The third-order valence-corrected chi connectivity index (χ3v) is 7.42. The van der Waals surface area contributed by atoms with E-state index >= 15 is 0 Å². The van der Waals surface area contributed by atoms with Gasteiger partial charge >= 0.3 is 5.97 Å². The summed E-state index contributed by atoms with van der Waals surface area (Å²) in [5.41, 5.74) is 0.566. The van der Waals surface area contributed by atoms with E-state index in [-0.39, 0.29) is 41.6 Å². The van der Waals surface area contributed by atoms with Crippen molar-refractivity contribution in [2.45, 2.75) is 37.6 Å². The van der Waals surface area contributed by atoms with Gasteiger partial charge in [0.1, 0.15) is 11.6 Å². The van der Waals surface area contributed by atoms with Gasteiger partial charge in [0.15, 0.2) is 21.3 Å². The molecule has 0 spiro atoms. The average Bonchev–Trinajstić information content (AvgIpc) is 3.35. The highest BCUT2D eigenvalue weighted by Gasteiger charge is 2.48. The van der Waals surface area contributed by atoms with Crippen molar-refractivity contribution < 1.29 is 37.0 Å². The normalized spacial score (nSPS) is 27.0. The summed E-state index contributed by atoms with van der Waals surface area (Å²) in [4.78, 5) is 39.3. The summed E-state index contributed by atoms with van der Waals surface area (Å²) < 4.78 is 39.3. The molecular weight excluding hydrogens is 416 g/mol. The first-order valence-electron chi connectivity index (χ1n) is 9.53. The summed E-state index contributed by atoms with van der Waals surface area (Å²) in [6, 6.07) is 1.86. The molecule has 0 aliphatic carbocycles. The molecule has 30 heavy (non-hydrogen) atoms. The number of cyclic esters (lactones) is 1. The maximum atomic E-state index is 12.9. The van der Waals surface area contributed by atoms with Crippen LogP contribution in [0, 0.1) is 0 Å². The first kappa shape index (κ1) is 20.5. The number of methoxy groups -OCH3 is 2. The topological polar surface area (TPSA) is 128 Å². The summed E-state index contributed by atoms with van der Waals surface area (Å²) in [5, 5.41) is 2.73. The van der Waals surface area contributed by atoms with Gasteiger partial charge in [0.25, 0.3) is 0 Å². The molecule has 11 heteroatoms. The van der Waals surface area contributed by atoms with Crippen LogP contribution >= 0.6 is 0 Å². The second kappa shape index (κ2) is 7.46. The van der Waals surface area contributed by atoms with Crippen molar-refractivity contribution in [3.05, 3.63) is 23.3 Å². The lowest BCUT2D eigenvalue weighted by Crippen LogP contribution is -2.49. The van der Waals surface area contributed by atoms with Crippen LogP contribution < -0.4 is 14.8 Å². The van der Waals surface area contributed by atoms with Crippen LogP contribution in [0.1, 0.15) is 41.4 Å². The zero-order valence-corrected chi connectivity index (χ0v) is 17.4. The number of carbonyl (C=O) groups is 3. The fourth-order valence-corrected chi connectivity index (χ4v) is 5.92. The summed E-state index contributed by atoms with van der Waals surface area (Å²) >= 11 is 0. The number of carbonyl (C=O) groups excluding carboxylic acids is 3. The quantitative estimate of drug-likeness (QED) is 0.644. The molecule has 3 aliphatic heterocycles. The van der Waals surface area contributed by atoms with Crippen molar-refractivity contribution in [1.82, 2.24) is 10.2 Å². The molecule has 0 saturated carbocycles. The fourth-order valence-electron chi connectivity index (χ4n) is 4.25. The van der Waals surface area contributed by atoms with Gasteiger partial charge in [0.05, 0.1) is 25.7 Å². The Morgan fingerprint density at radius 3 is 2.60 bits per heavy atom. The van der Waals surface area contributed by atoms with E-state index in [4.69, 9.17) is 14.2 Å². The molecule has 0 aromatic heterocycles. The number of nitrogens with zero attached hydrogens (tertiary/aromatic N) is 1. The summed E-state index contributed by atoms with van der Waals surface area (Å²) in [6.07, 6.45) is -0.351. The first-order chi connectivity index (χ1) is 14.3. The second-order valence-electron chi connectivity index (χ2n) is 7.49. The number of fused-ring (bicyclic) bond motifs is 1. The van der Waals surface area contributed by atoms with E-state index in [9.17, 15) is 22.8 Å². The Morgan fingerprint density at radius 2 is 1.97 bits per heavy atom. The van der Waals surface area contributed by atoms with E-state index in [0.29, 0.717) is 17.7 Å². The number of likely N-dealkylation sites (tertiary alicyclic amines) is 1. The lowest BCUT2D eigenvalue weighted by molar-refractivity contribution is -0.145. The van der Waals surface area contributed by atoms with E-state index in [1.54, 1.807) is 12.1 Å². The Labute approximate surface area is 173 Å². The third kappa shape index (κ3) is 3.36. The maximum Gasteiger partial charge on any atom is 0.344 e. The molecule has 2 amide bonds. The summed E-state index contributed by atoms with van der Waals surface area (Å²) in [7, 11) is -0.322. The van der Waals surface area contributed by atoms with Crippen molar-refractivity contribution >= 4 is 27.6 Å². The van der Waals surface area contributed by atoms with Gasteiger partial charge in [-0.05, 0) is 25.0 Å². The van der Waals surface area contributed by atoms with Gasteiger partial charge in [-0.1, -0.05) is 0 Å². The molecule has 162 valence electrons. The van der Waals surface area contributed by atoms with Crippen LogP contribution in [0.4, 0.5) is 0 Å². The highest BCUT2D eigenvalue weighted by Crippen LogP contribution is 2.45. The Balaban J connectivity index is 1.61. The Kier molecular flexibility index (Phi) is 5.08. The molecule has 3 atom stereocenters. The number of benzene rings is 1. The minimum atomic E-state index is -3.16. The number of sulfone groups is 1. The highest BCUT2D eigenvalue weighted by molar-refractivity contribution is 7.91. The number of ether oxygens (including phenoxy) is 3. The van der Waals surface area contributed by atoms with Crippen LogP contribution in [-0.4, -0.2) is 68.9 Å². The predicted molar refractivity (Wildman–Crippen MR) is 103 cm³/mol. The predicted octanol–water partition coefficient (Wildman–Crippen LogP) is 0.167.